The Bertz CT molecular complexity index is 407. The SMILES string of the molecule is CCOCCC1(CNC(=NC)NCC(C)CN2CCCCC2)CCCC1.I. The highest BCUT2D eigenvalue weighted by Crippen LogP contribution is 2.40. The summed E-state index contributed by atoms with van der Waals surface area (Å²) in [7, 11) is 1.88. The minimum absolute atomic E-state index is 0. The summed E-state index contributed by atoms with van der Waals surface area (Å²) in [5, 5.41) is 7.16. The standard InChI is InChI=1S/C21H42N4O.HI/c1-4-26-15-12-21(10-6-7-11-21)18-24-20(22-3)23-16-19(2)17-25-13-8-5-9-14-25;/h19H,4-18H2,1-3H3,(H2,22,23,24);1H. The van der Waals surface area contributed by atoms with Gasteiger partial charge in [0, 0.05) is 39.9 Å². The van der Waals surface area contributed by atoms with Crippen LogP contribution in [0.5, 0.6) is 0 Å². The number of piperidine rings is 1. The van der Waals surface area contributed by atoms with Crippen LogP contribution in [0.3, 0.4) is 0 Å². The second-order valence-corrected chi connectivity index (χ2v) is 8.43. The van der Waals surface area contributed by atoms with E-state index in [4.69, 9.17) is 4.74 Å². The van der Waals surface area contributed by atoms with Crippen molar-refractivity contribution in [3.63, 3.8) is 0 Å². The molecule has 2 fully saturated rings. The van der Waals surface area contributed by atoms with E-state index in [2.05, 4.69) is 34.4 Å². The first-order valence-corrected chi connectivity index (χ1v) is 10.9. The third kappa shape index (κ3) is 9.31. The lowest BCUT2D eigenvalue weighted by Crippen LogP contribution is -2.45. The highest BCUT2D eigenvalue weighted by atomic mass is 127. The Labute approximate surface area is 184 Å². The van der Waals surface area contributed by atoms with Crippen LogP contribution < -0.4 is 10.6 Å². The molecule has 1 aliphatic heterocycles. The van der Waals surface area contributed by atoms with Crippen LogP contribution in [0.25, 0.3) is 0 Å². The van der Waals surface area contributed by atoms with Gasteiger partial charge in [-0.2, -0.15) is 0 Å². The Morgan fingerprint density at radius 3 is 2.44 bits per heavy atom. The zero-order valence-electron chi connectivity index (χ0n) is 17.9. The van der Waals surface area contributed by atoms with Gasteiger partial charge in [0.25, 0.3) is 0 Å². The van der Waals surface area contributed by atoms with Gasteiger partial charge in [-0.15, -0.1) is 24.0 Å². The predicted molar refractivity (Wildman–Crippen MR) is 126 cm³/mol. The van der Waals surface area contributed by atoms with E-state index in [0.29, 0.717) is 11.3 Å². The largest absolute Gasteiger partial charge is 0.382 e. The molecule has 1 unspecified atom stereocenters. The predicted octanol–water partition coefficient (Wildman–Crippen LogP) is 3.88. The molecule has 0 aromatic carbocycles. The van der Waals surface area contributed by atoms with Gasteiger partial charge >= 0.3 is 0 Å². The van der Waals surface area contributed by atoms with Gasteiger partial charge < -0.3 is 20.3 Å². The van der Waals surface area contributed by atoms with Crippen LogP contribution in [0.2, 0.25) is 0 Å². The average Bonchev–Trinajstić information content (AvgIpc) is 3.12. The summed E-state index contributed by atoms with van der Waals surface area (Å²) in [6, 6.07) is 0. The third-order valence-corrected chi connectivity index (χ3v) is 6.14. The molecule has 0 radical (unpaired) electrons. The lowest BCUT2D eigenvalue weighted by molar-refractivity contribution is 0.105. The Hall–Kier alpha value is -0.0800. The van der Waals surface area contributed by atoms with Gasteiger partial charge in [-0.25, -0.2) is 0 Å². The summed E-state index contributed by atoms with van der Waals surface area (Å²) in [6.45, 7) is 11.9. The minimum Gasteiger partial charge on any atom is -0.382 e. The molecule has 1 atom stereocenters. The van der Waals surface area contributed by atoms with Crippen LogP contribution in [0, 0.1) is 11.3 Å². The number of rotatable bonds is 10. The Balaban J connectivity index is 0.00000364. The molecule has 0 aromatic rings. The average molecular weight is 495 g/mol. The zero-order chi connectivity index (χ0) is 18.7. The lowest BCUT2D eigenvalue weighted by Gasteiger charge is -2.31. The quantitative estimate of drug-likeness (QED) is 0.210. The van der Waals surface area contributed by atoms with Crippen molar-refractivity contribution in [1.82, 2.24) is 15.5 Å². The Morgan fingerprint density at radius 2 is 1.81 bits per heavy atom. The molecular weight excluding hydrogens is 451 g/mol. The number of hydrogen-bond acceptors (Lipinski definition) is 3. The smallest absolute Gasteiger partial charge is 0.191 e. The fraction of sp³-hybridized carbons (Fsp3) is 0.952. The number of aliphatic imine (C=N–C) groups is 1. The molecule has 1 heterocycles. The summed E-state index contributed by atoms with van der Waals surface area (Å²) in [5.41, 5.74) is 0.395. The summed E-state index contributed by atoms with van der Waals surface area (Å²) >= 11 is 0. The molecule has 0 bridgehead atoms. The van der Waals surface area contributed by atoms with E-state index < -0.39 is 0 Å². The van der Waals surface area contributed by atoms with Crippen molar-refractivity contribution < 1.29 is 4.74 Å². The zero-order valence-corrected chi connectivity index (χ0v) is 20.2. The number of guanidine groups is 1. The second kappa shape index (κ2) is 14.0. The molecule has 1 aliphatic carbocycles. The van der Waals surface area contributed by atoms with E-state index in [1.54, 1.807) is 0 Å². The van der Waals surface area contributed by atoms with Crippen LogP contribution in [-0.4, -0.2) is 63.8 Å². The van der Waals surface area contributed by atoms with Gasteiger partial charge in [-0.1, -0.05) is 26.2 Å². The molecule has 5 nitrogen and oxygen atoms in total. The van der Waals surface area contributed by atoms with Crippen molar-refractivity contribution in [3.05, 3.63) is 0 Å². The minimum atomic E-state index is 0. The first-order valence-electron chi connectivity index (χ1n) is 10.9. The van der Waals surface area contributed by atoms with Crippen LogP contribution in [0.4, 0.5) is 0 Å². The highest BCUT2D eigenvalue weighted by molar-refractivity contribution is 14.0. The van der Waals surface area contributed by atoms with Crippen molar-refractivity contribution in [2.75, 3.05) is 53.0 Å². The molecular formula is C21H43IN4O. The summed E-state index contributed by atoms with van der Waals surface area (Å²) in [6.07, 6.45) is 10.6. The van der Waals surface area contributed by atoms with Crippen molar-refractivity contribution >= 4 is 29.9 Å². The number of halogens is 1. The molecule has 1 saturated carbocycles. The van der Waals surface area contributed by atoms with Crippen LogP contribution in [0.1, 0.15) is 65.2 Å². The van der Waals surface area contributed by atoms with E-state index in [9.17, 15) is 0 Å². The number of ether oxygens (including phenoxy) is 1. The normalized spacial score (nSPS) is 21.5. The van der Waals surface area contributed by atoms with E-state index in [1.165, 1.54) is 64.6 Å². The van der Waals surface area contributed by atoms with Crippen LogP contribution in [-0.2, 0) is 4.74 Å². The Kier molecular flexibility index (Phi) is 12.9. The van der Waals surface area contributed by atoms with Crippen molar-refractivity contribution in [1.29, 1.82) is 0 Å². The molecule has 0 aromatic heterocycles. The molecule has 2 rings (SSSR count). The number of nitrogens with one attached hydrogen (secondary N) is 2. The van der Waals surface area contributed by atoms with E-state index in [1.807, 2.05) is 7.05 Å². The molecule has 1 saturated heterocycles. The molecule has 160 valence electrons. The van der Waals surface area contributed by atoms with Crippen LogP contribution in [0.15, 0.2) is 4.99 Å². The van der Waals surface area contributed by atoms with Crippen molar-refractivity contribution in [2.45, 2.75) is 65.2 Å². The Morgan fingerprint density at radius 1 is 1.11 bits per heavy atom. The van der Waals surface area contributed by atoms with Crippen molar-refractivity contribution in [2.24, 2.45) is 16.3 Å². The van der Waals surface area contributed by atoms with Gasteiger partial charge in [-0.3, -0.25) is 4.99 Å². The topological polar surface area (TPSA) is 48.9 Å². The molecule has 27 heavy (non-hydrogen) atoms. The molecule has 2 N–H and O–H groups in total. The van der Waals surface area contributed by atoms with Gasteiger partial charge in [0.2, 0.25) is 0 Å². The first-order chi connectivity index (χ1) is 12.7. The monoisotopic (exact) mass is 494 g/mol. The summed E-state index contributed by atoms with van der Waals surface area (Å²) in [4.78, 5) is 7.06. The van der Waals surface area contributed by atoms with Crippen molar-refractivity contribution in [3.8, 4) is 0 Å². The van der Waals surface area contributed by atoms with E-state index >= 15 is 0 Å². The summed E-state index contributed by atoms with van der Waals surface area (Å²) < 4.78 is 5.63. The molecule has 0 spiro atoms. The van der Waals surface area contributed by atoms with Gasteiger partial charge in [0.1, 0.15) is 0 Å². The van der Waals surface area contributed by atoms with Gasteiger partial charge in [-0.05, 0) is 63.5 Å². The van der Waals surface area contributed by atoms with Gasteiger partial charge in [0.15, 0.2) is 5.96 Å². The van der Waals surface area contributed by atoms with Crippen LogP contribution >= 0.6 is 24.0 Å². The van der Waals surface area contributed by atoms with E-state index in [0.717, 1.165) is 38.7 Å². The number of hydrogen-bond donors (Lipinski definition) is 2. The first kappa shape index (κ1) is 25.0. The third-order valence-electron chi connectivity index (χ3n) is 6.14. The fourth-order valence-electron chi connectivity index (χ4n) is 4.48. The fourth-order valence-corrected chi connectivity index (χ4v) is 4.48. The molecule has 0 amide bonds. The number of likely N-dealkylation sites (tertiary alicyclic amines) is 1. The molecule has 6 heteroatoms. The maximum absolute atomic E-state index is 5.63. The van der Waals surface area contributed by atoms with Gasteiger partial charge in [0.05, 0.1) is 0 Å². The maximum Gasteiger partial charge on any atom is 0.191 e. The lowest BCUT2D eigenvalue weighted by atomic mass is 9.83. The highest BCUT2D eigenvalue weighted by Gasteiger charge is 2.33. The number of nitrogens with zero attached hydrogens (tertiary/aromatic N) is 2. The van der Waals surface area contributed by atoms with E-state index in [-0.39, 0.29) is 24.0 Å². The second-order valence-electron chi connectivity index (χ2n) is 8.43. The maximum atomic E-state index is 5.63. The molecule has 2 aliphatic rings. The summed E-state index contributed by atoms with van der Waals surface area (Å²) in [5.74, 6) is 1.60.